The van der Waals surface area contributed by atoms with Crippen LogP contribution in [0, 0.1) is 5.92 Å². The van der Waals surface area contributed by atoms with Crippen LogP contribution < -0.4 is 0 Å². The van der Waals surface area contributed by atoms with Crippen molar-refractivity contribution < 1.29 is 19.4 Å². The summed E-state index contributed by atoms with van der Waals surface area (Å²) in [6.07, 6.45) is -1.82. The van der Waals surface area contributed by atoms with Crippen LogP contribution in [-0.4, -0.2) is 29.1 Å². The van der Waals surface area contributed by atoms with Gasteiger partial charge in [0.25, 0.3) is 0 Å². The Balaban J connectivity index is 2.69. The summed E-state index contributed by atoms with van der Waals surface area (Å²) in [6.45, 7) is 4.84. The molecule has 0 aliphatic heterocycles. The van der Waals surface area contributed by atoms with Crippen LogP contribution in [0.25, 0.3) is 0 Å². The average Bonchev–Trinajstić information content (AvgIpc) is 2.52. The Morgan fingerprint density at radius 3 is 2.33 bits per heavy atom. The highest BCUT2D eigenvalue weighted by atomic mass is 79.9. The molecule has 1 aromatic carbocycles. The first kappa shape index (κ1) is 17.6. The summed E-state index contributed by atoms with van der Waals surface area (Å²) in [4.78, 5) is 25.6. The van der Waals surface area contributed by atoms with E-state index in [1.807, 2.05) is 0 Å². The number of ketones is 1. The van der Waals surface area contributed by atoms with Crippen LogP contribution in [-0.2, 0) is 9.53 Å². The predicted molar refractivity (Wildman–Crippen MR) is 84.2 cm³/mol. The van der Waals surface area contributed by atoms with E-state index >= 15 is 0 Å². The molecule has 0 bridgehead atoms. The van der Waals surface area contributed by atoms with E-state index < -0.39 is 24.1 Å². The molecule has 21 heavy (non-hydrogen) atoms. The van der Waals surface area contributed by atoms with Crippen LogP contribution in [0.5, 0.6) is 0 Å². The Hall–Kier alpha value is -1.46. The molecule has 0 fully saturated rings. The zero-order chi connectivity index (χ0) is 16.0. The molecule has 0 heterocycles. The highest BCUT2D eigenvalue weighted by molar-refractivity contribution is 9.11. The molecule has 0 saturated heterocycles. The van der Waals surface area contributed by atoms with Crippen LogP contribution in [0.3, 0.4) is 0 Å². The molecule has 114 valence electrons. The van der Waals surface area contributed by atoms with Gasteiger partial charge in [-0.05, 0) is 36.5 Å². The van der Waals surface area contributed by atoms with Crippen LogP contribution in [0.1, 0.15) is 31.1 Å². The summed E-state index contributed by atoms with van der Waals surface area (Å²) in [5, 5.41) is 10.00. The second kappa shape index (κ2) is 8.10. The summed E-state index contributed by atoms with van der Waals surface area (Å²) < 4.78 is 5.15. The van der Waals surface area contributed by atoms with Gasteiger partial charge in [0.2, 0.25) is 0 Å². The van der Waals surface area contributed by atoms with Crippen molar-refractivity contribution in [2.45, 2.75) is 33.0 Å². The third kappa shape index (κ3) is 4.79. The van der Waals surface area contributed by atoms with Gasteiger partial charge in [0, 0.05) is 5.92 Å². The lowest BCUT2D eigenvalue weighted by atomic mass is 9.92. The lowest BCUT2D eigenvalue weighted by Crippen LogP contribution is -2.35. The van der Waals surface area contributed by atoms with E-state index in [1.165, 1.54) is 6.92 Å². The number of hydrogen-bond acceptors (Lipinski definition) is 4. The zero-order valence-electron chi connectivity index (χ0n) is 12.2. The van der Waals surface area contributed by atoms with E-state index in [0.717, 1.165) is 0 Å². The number of ether oxygens (including phenoxy) is 1. The van der Waals surface area contributed by atoms with Crippen LogP contribution >= 0.6 is 15.9 Å². The van der Waals surface area contributed by atoms with Crippen molar-refractivity contribution in [2.75, 3.05) is 0 Å². The Morgan fingerprint density at radius 1 is 1.24 bits per heavy atom. The molecule has 0 aliphatic rings. The Morgan fingerprint density at radius 2 is 1.81 bits per heavy atom. The fraction of sp³-hybridized carbons (Fsp3) is 0.375. The van der Waals surface area contributed by atoms with Crippen molar-refractivity contribution in [1.29, 1.82) is 0 Å². The monoisotopic (exact) mass is 354 g/mol. The van der Waals surface area contributed by atoms with E-state index in [1.54, 1.807) is 49.2 Å². The number of carbonyl (C=O) groups is 2. The summed E-state index contributed by atoms with van der Waals surface area (Å²) in [6, 6.07) is 8.48. The van der Waals surface area contributed by atoms with Crippen molar-refractivity contribution >= 4 is 27.7 Å². The standard InChI is InChI=1S/C16H19BrO4/c1-10(9-17)14(18)11(2)15(19)12(3)21-16(20)13-7-5-4-6-8-13/h4-9,11-12,14,18H,1-3H3/b10-9+/t11-,12+,14-/m0/s1. The minimum Gasteiger partial charge on any atom is -0.451 e. The molecular weight excluding hydrogens is 336 g/mol. The summed E-state index contributed by atoms with van der Waals surface area (Å²) in [5.74, 6) is -1.52. The minimum absolute atomic E-state index is 0.319. The largest absolute Gasteiger partial charge is 0.451 e. The predicted octanol–water partition coefficient (Wildman–Crippen LogP) is 3.10. The third-order valence-electron chi connectivity index (χ3n) is 3.25. The molecule has 0 unspecified atom stereocenters. The molecule has 0 spiro atoms. The molecule has 0 saturated carbocycles. The Bertz CT molecular complexity index is 524. The summed E-state index contributed by atoms with van der Waals surface area (Å²) in [5.41, 5.74) is 1.03. The maximum Gasteiger partial charge on any atom is 0.338 e. The van der Waals surface area contributed by atoms with Gasteiger partial charge in [0.05, 0.1) is 11.7 Å². The van der Waals surface area contributed by atoms with E-state index in [0.29, 0.717) is 11.1 Å². The Labute approximate surface area is 132 Å². The van der Waals surface area contributed by atoms with E-state index in [2.05, 4.69) is 15.9 Å². The van der Waals surface area contributed by atoms with Crippen molar-refractivity contribution in [3.05, 3.63) is 46.5 Å². The lowest BCUT2D eigenvalue weighted by Gasteiger charge is -2.21. The quantitative estimate of drug-likeness (QED) is 0.797. The van der Waals surface area contributed by atoms with Gasteiger partial charge in [-0.15, -0.1) is 0 Å². The van der Waals surface area contributed by atoms with Gasteiger partial charge in [0.15, 0.2) is 11.9 Å². The highest BCUT2D eigenvalue weighted by Gasteiger charge is 2.29. The van der Waals surface area contributed by atoms with Crippen molar-refractivity contribution in [2.24, 2.45) is 5.92 Å². The number of aliphatic hydroxyl groups is 1. The maximum absolute atomic E-state index is 12.2. The van der Waals surface area contributed by atoms with Gasteiger partial charge >= 0.3 is 5.97 Å². The molecule has 0 aliphatic carbocycles. The molecule has 0 aromatic heterocycles. The number of rotatable bonds is 6. The Kier molecular flexibility index (Phi) is 6.78. The number of benzene rings is 1. The molecule has 3 atom stereocenters. The molecular formula is C16H19BrO4. The van der Waals surface area contributed by atoms with Gasteiger partial charge < -0.3 is 9.84 Å². The molecule has 0 radical (unpaired) electrons. The summed E-state index contributed by atoms with van der Waals surface area (Å²) in [7, 11) is 0. The number of esters is 1. The van der Waals surface area contributed by atoms with Crippen molar-refractivity contribution in [3.8, 4) is 0 Å². The van der Waals surface area contributed by atoms with Crippen LogP contribution in [0.4, 0.5) is 0 Å². The van der Waals surface area contributed by atoms with Crippen molar-refractivity contribution in [3.63, 3.8) is 0 Å². The highest BCUT2D eigenvalue weighted by Crippen LogP contribution is 2.17. The van der Waals surface area contributed by atoms with Gasteiger partial charge in [-0.1, -0.05) is 41.1 Å². The molecule has 1 aromatic rings. The van der Waals surface area contributed by atoms with Gasteiger partial charge in [-0.2, -0.15) is 0 Å². The molecule has 0 amide bonds. The van der Waals surface area contributed by atoms with Crippen molar-refractivity contribution in [1.82, 2.24) is 0 Å². The van der Waals surface area contributed by atoms with E-state index in [9.17, 15) is 14.7 Å². The lowest BCUT2D eigenvalue weighted by molar-refractivity contribution is -0.133. The fourth-order valence-corrected chi connectivity index (χ4v) is 2.12. The normalized spacial score (nSPS) is 16.0. The molecule has 1 rings (SSSR count). The first-order valence-corrected chi connectivity index (χ1v) is 7.54. The number of halogens is 1. The second-order valence-corrected chi connectivity index (χ2v) is 5.36. The second-order valence-electron chi connectivity index (χ2n) is 4.90. The SMILES string of the molecule is C/C(=C\Br)[C@H](O)[C@H](C)C(=O)[C@@H](C)OC(=O)c1ccccc1. The smallest absolute Gasteiger partial charge is 0.338 e. The van der Waals surface area contributed by atoms with E-state index in [4.69, 9.17) is 4.74 Å². The van der Waals surface area contributed by atoms with Gasteiger partial charge in [-0.3, -0.25) is 4.79 Å². The topological polar surface area (TPSA) is 63.6 Å². The number of carbonyl (C=O) groups excluding carboxylic acids is 2. The van der Waals surface area contributed by atoms with Gasteiger partial charge in [-0.25, -0.2) is 4.79 Å². The first-order chi connectivity index (χ1) is 9.88. The van der Waals surface area contributed by atoms with Crippen LogP contribution in [0.15, 0.2) is 40.9 Å². The van der Waals surface area contributed by atoms with Gasteiger partial charge in [0.1, 0.15) is 0 Å². The number of hydrogen-bond donors (Lipinski definition) is 1. The number of Topliss-reactive ketones (excluding diaryl/α,β-unsaturated/α-hetero) is 1. The maximum atomic E-state index is 12.2. The first-order valence-electron chi connectivity index (χ1n) is 6.63. The fourth-order valence-electron chi connectivity index (χ4n) is 1.85. The summed E-state index contributed by atoms with van der Waals surface area (Å²) >= 11 is 3.12. The minimum atomic E-state index is -0.912. The van der Waals surface area contributed by atoms with E-state index in [-0.39, 0.29) is 5.78 Å². The van der Waals surface area contributed by atoms with Crippen LogP contribution in [0.2, 0.25) is 0 Å². The zero-order valence-corrected chi connectivity index (χ0v) is 13.8. The third-order valence-corrected chi connectivity index (χ3v) is 3.98. The number of aliphatic hydroxyl groups excluding tert-OH is 1. The molecule has 5 heteroatoms. The molecule has 4 nitrogen and oxygen atoms in total. The average molecular weight is 355 g/mol. The molecule has 1 N–H and O–H groups in total.